The van der Waals surface area contributed by atoms with Gasteiger partial charge in [-0.05, 0) is 48.8 Å². The molecule has 3 heteroatoms. The molecular formula is C15H18O3. The van der Waals surface area contributed by atoms with Crippen molar-refractivity contribution < 1.29 is 14.6 Å². The van der Waals surface area contributed by atoms with Crippen LogP contribution in [0.1, 0.15) is 54.2 Å². The van der Waals surface area contributed by atoms with Crippen molar-refractivity contribution in [3.8, 4) is 5.75 Å². The molecule has 0 amide bonds. The van der Waals surface area contributed by atoms with Gasteiger partial charge in [0.2, 0.25) is 0 Å². The van der Waals surface area contributed by atoms with Crippen LogP contribution in [0.2, 0.25) is 0 Å². The second-order valence-corrected chi connectivity index (χ2v) is 5.31. The van der Waals surface area contributed by atoms with Gasteiger partial charge in [0, 0.05) is 5.56 Å². The summed E-state index contributed by atoms with van der Waals surface area (Å²) in [5, 5.41) is 9.33. The Labute approximate surface area is 107 Å². The highest BCUT2D eigenvalue weighted by molar-refractivity contribution is 5.79. The van der Waals surface area contributed by atoms with Crippen LogP contribution in [0.4, 0.5) is 0 Å². The molecule has 1 saturated carbocycles. The lowest BCUT2D eigenvalue weighted by atomic mass is 9.77. The van der Waals surface area contributed by atoms with E-state index in [1.54, 1.807) is 7.11 Å². The van der Waals surface area contributed by atoms with Gasteiger partial charge in [-0.1, -0.05) is 12.5 Å². The lowest BCUT2D eigenvalue weighted by Gasteiger charge is -2.28. The summed E-state index contributed by atoms with van der Waals surface area (Å²) in [6, 6.07) is 4.10. The van der Waals surface area contributed by atoms with Gasteiger partial charge in [-0.2, -0.15) is 0 Å². The average molecular weight is 246 g/mol. The van der Waals surface area contributed by atoms with Gasteiger partial charge in [0.25, 0.3) is 0 Å². The predicted molar refractivity (Wildman–Crippen MR) is 68.3 cm³/mol. The fourth-order valence-corrected chi connectivity index (χ4v) is 3.28. The van der Waals surface area contributed by atoms with E-state index in [2.05, 4.69) is 6.07 Å². The fraction of sp³-hybridized carbons (Fsp3) is 0.533. The summed E-state index contributed by atoms with van der Waals surface area (Å²) in [4.78, 5) is 11.3. The van der Waals surface area contributed by atoms with Crippen molar-refractivity contribution in [1.82, 2.24) is 0 Å². The number of ether oxygens (including phenoxy) is 1. The van der Waals surface area contributed by atoms with Crippen LogP contribution in [-0.4, -0.2) is 18.2 Å². The van der Waals surface area contributed by atoms with Gasteiger partial charge in [0.05, 0.1) is 13.0 Å². The average Bonchev–Trinajstić information content (AvgIpc) is 2.72. The van der Waals surface area contributed by atoms with Crippen molar-refractivity contribution in [1.29, 1.82) is 0 Å². The molecular weight excluding hydrogens is 228 g/mol. The zero-order valence-electron chi connectivity index (χ0n) is 10.6. The summed E-state index contributed by atoms with van der Waals surface area (Å²) in [5.74, 6) is 0.294. The molecule has 0 heterocycles. The fourth-order valence-electron chi connectivity index (χ4n) is 3.28. The second kappa shape index (κ2) is 4.30. The van der Waals surface area contributed by atoms with E-state index in [1.165, 1.54) is 30.4 Å². The Bertz CT molecular complexity index is 489. The maximum Gasteiger partial charge on any atom is 0.311 e. The molecule has 96 valence electrons. The molecule has 2 aliphatic rings. The van der Waals surface area contributed by atoms with E-state index in [-0.39, 0.29) is 5.92 Å². The highest BCUT2D eigenvalue weighted by Gasteiger charge is 2.35. The molecule has 1 aromatic rings. The lowest BCUT2D eigenvalue weighted by molar-refractivity contribution is -0.138. The second-order valence-electron chi connectivity index (χ2n) is 5.31. The summed E-state index contributed by atoms with van der Waals surface area (Å²) < 4.78 is 5.36. The number of aliphatic carboxylic acids is 1. The molecule has 0 aliphatic heterocycles. The van der Waals surface area contributed by atoms with E-state index in [1.807, 2.05) is 6.07 Å². The number of hydrogen-bond donors (Lipinski definition) is 1. The van der Waals surface area contributed by atoms with E-state index in [9.17, 15) is 9.90 Å². The summed E-state index contributed by atoms with van der Waals surface area (Å²) in [5.41, 5.74) is 3.57. The van der Waals surface area contributed by atoms with Gasteiger partial charge < -0.3 is 9.84 Å². The number of carbonyl (C=O) groups is 1. The van der Waals surface area contributed by atoms with E-state index >= 15 is 0 Å². The topological polar surface area (TPSA) is 46.5 Å². The smallest absolute Gasteiger partial charge is 0.311 e. The van der Waals surface area contributed by atoms with Crippen molar-refractivity contribution in [2.24, 2.45) is 0 Å². The number of methoxy groups -OCH3 is 1. The largest absolute Gasteiger partial charge is 0.496 e. The van der Waals surface area contributed by atoms with Crippen LogP contribution in [-0.2, 0) is 11.2 Å². The van der Waals surface area contributed by atoms with Crippen LogP contribution in [0, 0.1) is 0 Å². The van der Waals surface area contributed by atoms with Gasteiger partial charge in [0.15, 0.2) is 0 Å². The molecule has 0 spiro atoms. The van der Waals surface area contributed by atoms with Gasteiger partial charge in [0.1, 0.15) is 5.75 Å². The van der Waals surface area contributed by atoms with Gasteiger partial charge in [-0.15, -0.1) is 0 Å². The molecule has 1 N–H and O–H groups in total. The maximum absolute atomic E-state index is 11.3. The van der Waals surface area contributed by atoms with E-state index < -0.39 is 5.97 Å². The number of rotatable bonds is 3. The van der Waals surface area contributed by atoms with Gasteiger partial charge >= 0.3 is 5.97 Å². The molecule has 3 nitrogen and oxygen atoms in total. The maximum atomic E-state index is 11.3. The number of benzene rings is 1. The highest BCUT2D eigenvalue weighted by Crippen LogP contribution is 2.47. The summed E-state index contributed by atoms with van der Waals surface area (Å²) >= 11 is 0. The Kier molecular flexibility index (Phi) is 2.77. The minimum absolute atomic E-state index is 0.380. The number of carboxylic acid groups (broad SMARTS) is 1. The standard InChI is InChI=1S/C15H18O3/c1-18-13-8-7-10(9-3-2-4-9)11-5-6-12(14(11)13)15(16)17/h7-9,12H,2-6H2,1H3,(H,16,17). The molecule has 0 aromatic heterocycles. The molecule has 18 heavy (non-hydrogen) atoms. The first-order chi connectivity index (χ1) is 8.72. The van der Waals surface area contributed by atoms with Crippen molar-refractivity contribution in [3.05, 3.63) is 28.8 Å². The SMILES string of the molecule is COc1ccc(C2CCC2)c2c1C(C(=O)O)CC2. The highest BCUT2D eigenvalue weighted by atomic mass is 16.5. The van der Waals surface area contributed by atoms with Crippen molar-refractivity contribution >= 4 is 5.97 Å². The predicted octanol–water partition coefficient (Wildman–Crippen LogP) is 3.08. The van der Waals surface area contributed by atoms with Crippen LogP contribution >= 0.6 is 0 Å². The molecule has 2 aliphatic carbocycles. The van der Waals surface area contributed by atoms with Crippen LogP contribution in [0.3, 0.4) is 0 Å². The van der Waals surface area contributed by atoms with Crippen LogP contribution in [0.5, 0.6) is 5.75 Å². The Morgan fingerprint density at radius 3 is 2.67 bits per heavy atom. The molecule has 0 radical (unpaired) electrons. The first-order valence-electron chi connectivity index (χ1n) is 6.65. The third-order valence-corrected chi connectivity index (χ3v) is 4.45. The zero-order valence-corrected chi connectivity index (χ0v) is 10.6. The molecule has 3 rings (SSSR count). The third kappa shape index (κ3) is 1.61. The molecule has 1 aromatic carbocycles. The van der Waals surface area contributed by atoms with Crippen LogP contribution in [0.15, 0.2) is 12.1 Å². The molecule has 0 saturated heterocycles. The number of fused-ring (bicyclic) bond motifs is 1. The number of hydrogen-bond acceptors (Lipinski definition) is 2. The van der Waals surface area contributed by atoms with Crippen LogP contribution < -0.4 is 4.74 Å². The first-order valence-corrected chi connectivity index (χ1v) is 6.65. The van der Waals surface area contributed by atoms with Crippen molar-refractivity contribution in [3.63, 3.8) is 0 Å². The van der Waals surface area contributed by atoms with Crippen LogP contribution in [0.25, 0.3) is 0 Å². The van der Waals surface area contributed by atoms with E-state index in [0.717, 1.165) is 17.7 Å². The van der Waals surface area contributed by atoms with Crippen molar-refractivity contribution in [2.45, 2.75) is 43.9 Å². The minimum Gasteiger partial charge on any atom is -0.496 e. The first kappa shape index (κ1) is 11.6. The zero-order chi connectivity index (χ0) is 12.7. The lowest BCUT2D eigenvalue weighted by Crippen LogP contribution is -2.13. The Morgan fingerprint density at radius 1 is 1.33 bits per heavy atom. The van der Waals surface area contributed by atoms with Gasteiger partial charge in [-0.3, -0.25) is 4.79 Å². The summed E-state index contributed by atoms with van der Waals surface area (Å²) in [7, 11) is 1.62. The van der Waals surface area contributed by atoms with E-state index in [0.29, 0.717) is 12.3 Å². The minimum atomic E-state index is -0.724. The monoisotopic (exact) mass is 246 g/mol. The quantitative estimate of drug-likeness (QED) is 0.891. The van der Waals surface area contributed by atoms with Gasteiger partial charge in [-0.25, -0.2) is 0 Å². The Hall–Kier alpha value is -1.51. The molecule has 1 atom stereocenters. The normalized spacial score (nSPS) is 22.4. The molecule has 1 unspecified atom stereocenters. The van der Waals surface area contributed by atoms with Crippen molar-refractivity contribution in [2.75, 3.05) is 7.11 Å². The van der Waals surface area contributed by atoms with E-state index in [4.69, 9.17) is 4.74 Å². The number of carboxylic acids is 1. The molecule has 1 fully saturated rings. The third-order valence-electron chi connectivity index (χ3n) is 4.45. The summed E-state index contributed by atoms with van der Waals surface area (Å²) in [6.07, 6.45) is 5.39. The summed E-state index contributed by atoms with van der Waals surface area (Å²) in [6.45, 7) is 0. The Morgan fingerprint density at radius 2 is 2.11 bits per heavy atom. The molecule has 0 bridgehead atoms. The Balaban J connectivity index is 2.09.